The van der Waals surface area contributed by atoms with Crippen molar-refractivity contribution in [2.24, 2.45) is 0 Å². The van der Waals surface area contributed by atoms with Crippen LogP contribution in [0.25, 0.3) is 142 Å². The SMILES string of the molecule is C=Cc1c(/C=C\C)c2ccc(-c3cccc(-c4ccc5sc6c(-c7ccccc7)nc(-n7c8ccccc8c8cc(-n9c%10ccccc%10c%10ccccc%109)ccc87)cc6c5c4)c3)cc2c2ccccc12. The molecule has 4 aromatic heterocycles. The molecule has 14 aromatic rings. The van der Waals surface area contributed by atoms with Crippen LogP contribution in [0.2, 0.25) is 0 Å². The van der Waals surface area contributed by atoms with E-state index >= 15 is 0 Å². The second-order valence-corrected chi connectivity index (χ2v) is 19.3. The topological polar surface area (TPSA) is 22.8 Å². The number of para-hydroxylation sites is 3. The molecule has 0 radical (unpaired) electrons. The summed E-state index contributed by atoms with van der Waals surface area (Å²) in [4.78, 5) is 5.61. The molecule has 0 atom stereocenters. The molecule has 0 spiro atoms. The van der Waals surface area contributed by atoms with Gasteiger partial charge in [-0.2, -0.15) is 0 Å². The van der Waals surface area contributed by atoms with E-state index in [1.54, 1.807) is 0 Å². The Balaban J connectivity index is 0.939. The van der Waals surface area contributed by atoms with E-state index in [0.717, 1.165) is 33.8 Å². The van der Waals surface area contributed by atoms with E-state index in [0.29, 0.717) is 0 Å². The summed E-state index contributed by atoms with van der Waals surface area (Å²) in [6.07, 6.45) is 6.33. The number of hydrogen-bond acceptors (Lipinski definition) is 2. The Morgan fingerprint density at radius 2 is 0.957 bits per heavy atom. The lowest BCUT2D eigenvalue weighted by atomic mass is 9.89. The highest BCUT2D eigenvalue weighted by atomic mass is 32.1. The van der Waals surface area contributed by atoms with Crippen LogP contribution in [0.4, 0.5) is 0 Å². The molecule has 0 aliphatic carbocycles. The number of nitrogens with zero attached hydrogens (tertiary/aromatic N) is 3. The fourth-order valence-corrected chi connectivity index (χ4v) is 12.4. The highest BCUT2D eigenvalue weighted by molar-refractivity contribution is 7.26. The molecule has 14 rings (SSSR count). The summed E-state index contributed by atoms with van der Waals surface area (Å²) in [5.41, 5.74) is 15.0. The van der Waals surface area contributed by atoms with Gasteiger partial charge in [-0.25, -0.2) is 4.98 Å². The Morgan fingerprint density at radius 3 is 1.66 bits per heavy atom. The Kier molecular flexibility index (Phi) is 9.13. The minimum absolute atomic E-state index is 0.899. The minimum Gasteiger partial charge on any atom is -0.309 e. The van der Waals surface area contributed by atoms with Crippen LogP contribution in [0, 0.1) is 0 Å². The van der Waals surface area contributed by atoms with Gasteiger partial charge in [0.25, 0.3) is 0 Å². The van der Waals surface area contributed by atoms with E-state index in [4.69, 9.17) is 4.98 Å². The van der Waals surface area contributed by atoms with E-state index in [-0.39, 0.29) is 0 Å². The zero-order valence-electron chi connectivity index (χ0n) is 38.4. The average Bonchev–Trinajstić information content (AvgIpc) is 4.08. The van der Waals surface area contributed by atoms with Crippen LogP contribution in [0.3, 0.4) is 0 Å². The predicted octanol–water partition coefficient (Wildman–Crippen LogP) is 18.6. The van der Waals surface area contributed by atoms with Crippen LogP contribution < -0.4 is 0 Å². The van der Waals surface area contributed by atoms with E-state index in [9.17, 15) is 0 Å². The monoisotopic (exact) mass is 909 g/mol. The van der Waals surface area contributed by atoms with Crippen LogP contribution in [-0.2, 0) is 0 Å². The van der Waals surface area contributed by atoms with Gasteiger partial charge in [-0.05, 0) is 129 Å². The fourth-order valence-electron chi connectivity index (χ4n) is 11.3. The number of aromatic nitrogens is 3. The molecule has 0 aliphatic heterocycles. The summed E-state index contributed by atoms with van der Waals surface area (Å²) < 4.78 is 7.20. The maximum atomic E-state index is 5.61. The Bertz CT molecular complexity index is 4450. The lowest BCUT2D eigenvalue weighted by Crippen LogP contribution is -1.99. The zero-order valence-corrected chi connectivity index (χ0v) is 39.2. The van der Waals surface area contributed by atoms with Gasteiger partial charge in [0, 0.05) is 48.3 Å². The molecule has 0 N–H and O–H groups in total. The predicted molar refractivity (Wildman–Crippen MR) is 302 cm³/mol. The van der Waals surface area contributed by atoms with E-state index in [1.165, 1.54) is 108 Å². The summed E-state index contributed by atoms with van der Waals surface area (Å²) in [6, 6.07) is 77.8. The third-order valence-corrected chi connectivity index (χ3v) is 15.6. The standard InChI is InChI=1S/C66H43N3S/c1-3-17-48-47(4-2)49-22-8-9-23-50(49)55-37-44(30-33-51(48)55)42-20-16-21-43(36-42)45-31-35-63-57(38-45)58-40-64(67-65(66(58)70-63)41-18-6-5-7-19-41)69-61-29-15-12-26-54(61)56-39-46(32-34-62(56)69)68-59-27-13-10-24-52(59)53-25-11-14-28-60(53)68/h3-40H,2H2,1H3/b17-3-. The first-order chi connectivity index (χ1) is 34.6. The molecule has 4 heteroatoms. The van der Waals surface area contributed by atoms with Crippen molar-refractivity contribution in [2.75, 3.05) is 0 Å². The molecular formula is C66H43N3S. The van der Waals surface area contributed by atoms with Gasteiger partial charge in [0.05, 0.1) is 32.5 Å². The van der Waals surface area contributed by atoms with Gasteiger partial charge in [0.1, 0.15) is 5.82 Å². The smallest absolute Gasteiger partial charge is 0.139 e. The highest BCUT2D eigenvalue weighted by Crippen LogP contribution is 2.44. The van der Waals surface area contributed by atoms with E-state index in [1.807, 2.05) is 17.4 Å². The molecule has 10 aromatic carbocycles. The van der Waals surface area contributed by atoms with Crippen LogP contribution >= 0.6 is 11.3 Å². The van der Waals surface area contributed by atoms with Crippen molar-refractivity contribution < 1.29 is 0 Å². The normalized spacial score (nSPS) is 12.1. The van der Waals surface area contributed by atoms with Crippen molar-refractivity contribution in [3.05, 3.63) is 236 Å². The minimum atomic E-state index is 0.899. The Labute approximate surface area is 408 Å². The van der Waals surface area contributed by atoms with Crippen molar-refractivity contribution in [3.8, 4) is 45.0 Å². The van der Waals surface area contributed by atoms with Crippen molar-refractivity contribution in [1.82, 2.24) is 14.1 Å². The molecule has 3 nitrogen and oxygen atoms in total. The van der Waals surface area contributed by atoms with Gasteiger partial charge in [0.2, 0.25) is 0 Å². The van der Waals surface area contributed by atoms with Crippen LogP contribution in [0.5, 0.6) is 0 Å². The molecular weight excluding hydrogens is 867 g/mol. The van der Waals surface area contributed by atoms with E-state index < -0.39 is 0 Å². The van der Waals surface area contributed by atoms with Crippen molar-refractivity contribution in [1.29, 1.82) is 0 Å². The van der Waals surface area contributed by atoms with Crippen LogP contribution in [0.1, 0.15) is 18.1 Å². The van der Waals surface area contributed by atoms with Crippen molar-refractivity contribution in [2.45, 2.75) is 6.92 Å². The Morgan fingerprint density at radius 1 is 0.400 bits per heavy atom. The third kappa shape index (κ3) is 6.10. The molecule has 0 unspecified atom stereocenters. The summed E-state index contributed by atoms with van der Waals surface area (Å²) >= 11 is 1.83. The maximum Gasteiger partial charge on any atom is 0.139 e. The van der Waals surface area contributed by atoms with Crippen molar-refractivity contribution in [3.63, 3.8) is 0 Å². The van der Waals surface area contributed by atoms with Gasteiger partial charge in [-0.3, -0.25) is 4.57 Å². The molecule has 328 valence electrons. The van der Waals surface area contributed by atoms with Crippen molar-refractivity contribution >= 4 is 109 Å². The number of benzene rings is 10. The summed E-state index contributed by atoms with van der Waals surface area (Å²) in [5, 5.41) is 12.3. The molecule has 70 heavy (non-hydrogen) atoms. The average molecular weight is 910 g/mol. The van der Waals surface area contributed by atoms with Crippen LogP contribution in [-0.4, -0.2) is 14.1 Å². The van der Waals surface area contributed by atoms with Gasteiger partial charge >= 0.3 is 0 Å². The van der Waals surface area contributed by atoms with Gasteiger partial charge in [-0.1, -0.05) is 170 Å². The van der Waals surface area contributed by atoms with Gasteiger partial charge < -0.3 is 4.57 Å². The van der Waals surface area contributed by atoms with Gasteiger partial charge in [0.15, 0.2) is 0 Å². The second kappa shape index (κ2) is 15.9. The number of allylic oxidation sites excluding steroid dienone is 1. The highest BCUT2D eigenvalue weighted by Gasteiger charge is 2.21. The summed E-state index contributed by atoms with van der Waals surface area (Å²) in [5.74, 6) is 0.899. The first-order valence-corrected chi connectivity index (χ1v) is 24.7. The number of hydrogen-bond donors (Lipinski definition) is 0. The second-order valence-electron chi connectivity index (χ2n) is 18.2. The summed E-state index contributed by atoms with van der Waals surface area (Å²) in [6.45, 7) is 6.29. The quantitative estimate of drug-likeness (QED) is 0.146. The fraction of sp³-hybridized carbons (Fsp3) is 0.0152. The lowest BCUT2D eigenvalue weighted by molar-refractivity contribution is 1.09. The number of pyridine rings is 1. The molecule has 0 aliphatic rings. The molecule has 0 bridgehead atoms. The molecule has 4 heterocycles. The first-order valence-electron chi connectivity index (χ1n) is 23.9. The molecule has 0 saturated heterocycles. The molecule has 0 fully saturated rings. The first kappa shape index (κ1) is 40.3. The zero-order chi connectivity index (χ0) is 46.5. The largest absolute Gasteiger partial charge is 0.309 e. The molecule has 0 amide bonds. The number of rotatable bonds is 7. The van der Waals surface area contributed by atoms with Gasteiger partial charge in [-0.15, -0.1) is 11.3 Å². The van der Waals surface area contributed by atoms with Crippen LogP contribution in [0.15, 0.2) is 225 Å². The lowest BCUT2D eigenvalue weighted by Gasteiger charge is -2.15. The third-order valence-electron chi connectivity index (χ3n) is 14.4. The molecule has 0 saturated carbocycles. The Hall–Kier alpha value is -8.83. The summed E-state index contributed by atoms with van der Waals surface area (Å²) in [7, 11) is 0. The maximum absolute atomic E-state index is 5.61. The van der Waals surface area contributed by atoms with E-state index in [2.05, 4.69) is 247 Å². The number of thiophene rings is 1. The number of fused-ring (bicyclic) bond motifs is 12.